The van der Waals surface area contributed by atoms with Gasteiger partial charge in [-0.25, -0.2) is 15.0 Å². The summed E-state index contributed by atoms with van der Waals surface area (Å²) in [6, 6.07) is 58.8. The van der Waals surface area contributed by atoms with Crippen LogP contribution in [0, 0.1) is 0 Å². The number of aromatic nitrogens is 4. The van der Waals surface area contributed by atoms with Crippen LogP contribution < -0.4 is 0 Å². The van der Waals surface area contributed by atoms with Gasteiger partial charge in [-0.2, -0.15) is 0 Å². The van der Waals surface area contributed by atoms with Gasteiger partial charge in [0.05, 0.1) is 11.0 Å². The van der Waals surface area contributed by atoms with E-state index in [4.69, 9.17) is 15.0 Å². The summed E-state index contributed by atoms with van der Waals surface area (Å²) in [5, 5.41) is 6.26. The molecule has 6 heteroatoms. The lowest BCUT2D eigenvalue weighted by atomic mass is 9.86. The Hall–Kier alpha value is -6.73. The second kappa shape index (κ2) is 13.2. The average Bonchev–Trinajstić information content (AvgIpc) is 3.96. The highest BCUT2D eigenvalue weighted by atomic mass is 32.1. The van der Waals surface area contributed by atoms with Gasteiger partial charge in [0, 0.05) is 57.3 Å². The third-order valence-corrected chi connectivity index (χ3v) is 14.0. The number of hydrogen-bond donors (Lipinski definition) is 0. The molecule has 1 atom stereocenters. The zero-order valence-electron chi connectivity index (χ0n) is 31.6. The molecule has 12 rings (SSSR count). The topological polar surface area (TPSA) is 43.6 Å². The Balaban J connectivity index is 1.02. The van der Waals surface area contributed by atoms with Crippen molar-refractivity contribution in [3.63, 3.8) is 0 Å². The van der Waals surface area contributed by atoms with Crippen LogP contribution in [-0.2, 0) is 0 Å². The van der Waals surface area contributed by atoms with Crippen LogP contribution >= 0.6 is 22.7 Å². The predicted octanol–water partition coefficient (Wildman–Crippen LogP) is 14.6. The highest BCUT2D eigenvalue weighted by Gasteiger charge is 2.26. The fourth-order valence-corrected chi connectivity index (χ4v) is 11.5. The minimum atomic E-state index is 0.341. The Labute approximate surface area is 343 Å². The number of hydrogen-bond acceptors (Lipinski definition) is 5. The van der Waals surface area contributed by atoms with E-state index in [9.17, 15) is 0 Å². The molecule has 58 heavy (non-hydrogen) atoms. The molecular formula is C52H34N4S2. The first kappa shape index (κ1) is 33.4. The summed E-state index contributed by atoms with van der Waals surface area (Å²) in [5.74, 6) is 2.46. The van der Waals surface area contributed by atoms with Crippen LogP contribution in [0.1, 0.15) is 35.5 Å². The van der Waals surface area contributed by atoms with Gasteiger partial charge in [0.25, 0.3) is 0 Å². The molecule has 4 aromatic heterocycles. The lowest BCUT2D eigenvalue weighted by molar-refractivity contribution is 0.787. The van der Waals surface area contributed by atoms with Gasteiger partial charge in [0.1, 0.15) is 0 Å². The van der Waals surface area contributed by atoms with Gasteiger partial charge in [0.2, 0.25) is 0 Å². The summed E-state index contributed by atoms with van der Waals surface area (Å²) in [6.45, 7) is 2.34. The van der Waals surface area contributed by atoms with E-state index in [1.807, 2.05) is 22.7 Å². The standard InChI is InChI=1S/C52H34N4S2/c1-31-28-35(30-47-48(31)38-15-6-9-19-44(38)58-47)51-53-50(54-52(55-51)40-17-11-21-46-49(40)39-16-7-10-20-45(39)57-46)33-22-25-36(26-23-33)56-42-18-8-5-14-37(42)41-29-34(24-27-43(41)56)32-12-3-2-4-13-32/h2-27,29-31H,28H2,1H3. The molecule has 0 bridgehead atoms. The van der Waals surface area contributed by atoms with Crippen molar-refractivity contribution >= 4 is 86.4 Å². The van der Waals surface area contributed by atoms with E-state index in [2.05, 4.69) is 181 Å². The van der Waals surface area contributed by atoms with Crippen LogP contribution in [-0.4, -0.2) is 19.5 Å². The van der Waals surface area contributed by atoms with Crippen molar-refractivity contribution in [3.05, 3.63) is 180 Å². The van der Waals surface area contributed by atoms with E-state index in [1.54, 1.807) is 0 Å². The minimum absolute atomic E-state index is 0.341. The number of allylic oxidation sites excluding steroid dienone is 1. The summed E-state index contributed by atoms with van der Waals surface area (Å²) in [5.41, 5.74) is 10.4. The van der Waals surface area contributed by atoms with Gasteiger partial charge in [-0.3, -0.25) is 0 Å². The first-order valence-electron chi connectivity index (χ1n) is 19.7. The normalized spacial score (nSPS) is 14.2. The van der Waals surface area contributed by atoms with Crippen LogP contribution in [0.2, 0.25) is 0 Å². The van der Waals surface area contributed by atoms with Crippen molar-refractivity contribution < 1.29 is 0 Å². The van der Waals surface area contributed by atoms with Crippen molar-refractivity contribution in [2.75, 3.05) is 0 Å². The van der Waals surface area contributed by atoms with E-state index >= 15 is 0 Å². The summed E-state index contributed by atoms with van der Waals surface area (Å²) < 4.78 is 6.18. The summed E-state index contributed by atoms with van der Waals surface area (Å²) in [6.07, 6.45) is 3.19. The number of nitrogens with zero attached hydrogens (tertiary/aromatic N) is 4. The van der Waals surface area contributed by atoms with Crippen molar-refractivity contribution in [2.24, 2.45) is 0 Å². The Morgan fingerprint density at radius 1 is 0.500 bits per heavy atom. The first-order valence-corrected chi connectivity index (χ1v) is 21.4. The lowest BCUT2D eigenvalue weighted by Gasteiger charge is -2.20. The molecule has 11 aromatic rings. The van der Waals surface area contributed by atoms with Crippen LogP contribution in [0.4, 0.5) is 0 Å². The molecule has 1 aliphatic rings. The Morgan fingerprint density at radius 3 is 2.00 bits per heavy atom. The van der Waals surface area contributed by atoms with Crippen LogP contribution in [0.3, 0.4) is 0 Å². The molecule has 0 radical (unpaired) electrons. The molecule has 1 aliphatic carbocycles. The van der Waals surface area contributed by atoms with Crippen molar-refractivity contribution in [2.45, 2.75) is 19.3 Å². The Bertz CT molecular complexity index is 3440. The SMILES string of the molecule is CC1CC(c2nc(-c3ccc(-n4c5ccccc5c5cc(-c6ccccc6)ccc54)cc3)nc(-c3cccc4sc5ccccc5c34)n2)=Cc2sc3ccccc3c21. The quantitative estimate of drug-likeness (QED) is 0.175. The predicted molar refractivity (Wildman–Crippen MR) is 246 cm³/mol. The smallest absolute Gasteiger partial charge is 0.164 e. The molecular weight excluding hydrogens is 745 g/mol. The number of benzene rings is 7. The third kappa shape index (κ3) is 5.29. The highest BCUT2D eigenvalue weighted by molar-refractivity contribution is 7.26. The summed E-state index contributed by atoms with van der Waals surface area (Å²) in [7, 11) is 0. The maximum atomic E-state index is 5.32. The van der Waals surface area contributed by atoms with E-state index in [1.165, 1.54) is 73.6 Å². The number of rotatable bonds is 5. The Kier molecular flexibility index (Phi) is 7.59. The molecule has 0 amide bonds. The maximum Gasteiger partial charge on any atom is 0.164 e. The minimum Gasteiger partial charge on any atom is -0.309 e. The van der Waals surface area contributed by atoms with Crippen molar-refractivity contribution in [3.8, 4) is 39.6 Å². The number of fused-ring (bicyclic) bond motifs is 9. The molecule has 1 unspecified atom stereocenters. The van der Waals surface area contributed by atoms with Gasteiger partial charge in [-0.05, 0) is 107 Å². The second-order valence-electron chi connectivity index (χ2n) is 15.2. The molecule has 0 N–H and O–H groups in total. The largest absolute Gasteiger partial charge is 0.309 e. The molecule has 0 spiro atoms. The molecule has 4 heterocycles. The van der Waals surface area contributed by atoms with Gasteiger partial charge >= 0.3 is 0 Å². The van der Waals surface area contributed by atoms with E-state index in [0.29, 0.717) is 17.6 Å². The van der Waals surface area contributed by atoms with Crippen LogP contribution in [0.15, 0.2) is 164 Å². The molecule has 7 aromatic carbocycles. The summed E-state index contributed by atoms with van der Waals surface area (Å²) >= 11 is 3.68. The molecule has 0 fully saturated rings. The molecule has 0 saturated carbocycles. The third-order valence-electron chi connectivity index (χ3n) is 11.7. The second-order valence-corrected chi connectivity index (χ2v) is 17.4. The Morgan fingerprint density at radius 2 is 1.16 bits per heavy atom. The summed E-state index contributed by atoms with van der Waals surface area (Å²) in [4.78, 5) is 17.2. The van der Waals surface area contributed by atoms with Crippen LogP contribution in [0.25, 0.3) is 103 Å². The molecule has 0 aliphatic heterocycles. The monoisotopic (exact) mass is 778 g/mol. The lowest BCUT2D eigenvalue weighted by Crippen LogP contribution is -2.07. The fourth-order valence-electron chi connectivity index (χ4n) is 9.06. The molecule has 4 nitrogen and oxygen atoms in total. The van der Waals surface area contributed by atoms with E-state index in [-0.39, 0.29) is 0 Å². The van der Waals surface area contributed by atoms with Crippen molar-refractivity contribution in [1.29, 1.82) is 0 Å². The highest BCUT2D eigenvalue weighted by Crippen LogP contribution is 2.46. The molecule has 274 valence electrons. The van der Waals surface area contributed by atoms with Gasteiger partial charge in [-0.1, -0.05) is 110 Å². The zero-order chi connectivity index (χ0) is 38.3. The fraction of sp³-hybridized carbons (Fsp3) is 0.0577. The molecule has 0 saturated heterocycles. The average molecular weight is 779 g/mol. The van der Waals surface area contributed by atoms with E-state index in [0.717, 1.165) is 34.6 Å². The van der Waals surface area contributed by atoms with Gasteiger partial charge < -0.3 is 4.57 Å². The van der Waals surface area contributed by atoms with Crippen LogP contribution in [0.5, 0.6) is 0 Å². The number of para-hydroxylation sites is 1. The van der Waals surface area contributed by atoms with Crippen molar-refractivity contribution in [1.82, 2.24) is 19.5 Å². The van der Waals surface area contributed by atoms with Gasteiger partial charge in [0.15, 0.2) is 17.5 Å². The van der Waals surface area contributed by atoms with E-state index < -0.39 is 0 Å². The van der Waals surface area contributed by atoms with Gasteiger partial charge in [-0.15, -0.1) is 22.7 Å². The zero-order valence-corrected chi connectivity index (χ0v) is 33.2. The first-order chi connectivity index (χ1) is 28.6. The maximum absolute atomic E-state index is 5.32. The number of thiophene rings is 2.